The lowest BCUT2D eigenvalue weighted by molar-refractivity contribution is -1.05. The normalized spacial score (nSPS) is 9.36. The molecule has 4 heteroatoms. The van der Waals surface area contributed by atoms with E-state index in [9.17, 15) is 0 Å². The number of carbonyl (C=O) groups excluding carboxylic acids is 1. The number of rotatable bonds is 2. The van der Waals surface area contributed by atoms with Crippen molar-refractivity contribution in [1.82, 2.24) is 0 Å². The molecular weight excluding hydrogens is 144 g/mol. The van der Waals surface area contributed by atoms with Gasteiger partial charge >= 0.3 is 0 Å². The lowest BCUT2D eigenvalue weighted by Crippen LogP contribution is -3.26. The van der Waals surface area contributed by atoms with Gasteiger partial charge in [-0.1, -0.05) is 0 Å². The first-order valence-corrected chi connectivity index (χ1v) is 3.62. The summed E-state index contributed by atoms with van der Waals surface area (Å²) in [7, 11) is 8.64. The summed E-state index contributed by atoms with van der Waals surface area (Å²) in [6.07, 6.45) is 0. The molecule has 0 heterocycles. The van der Waals surface area contributed by atoms with Crippen LogP contribution in [0.15, 0.2) is 0 Å². The van der Waals surface area contributed by atoms with E-state index in [1.165, 1.54) is 16.5 Å². The van der Waals surface area contributed by atoms with E-state index in [4.69, 9.17) is 9.90 Å². The fraction of sp³-hybridized carbons (Fsp3) is 0.857. The molecule has 0 atom stereocenters. The topological polar surface area (TPSA) is 49.0 Å². The number of carboxylic acids is 1. The van der Waals surface area contributed by atoms with Crippen molar-refractivity contribution in [2.45, 2.75) is 6.92 Å². The zero-order chi connectivity index (χ0) is 9.44. The van der Waals surface area contributed by atoms with Crippen molar-refractivity contribution in [3.8, 4) is 0 Å². The van der Waals surface area contributed by atoms with Crippen LogP contribution in [0.4, 0.5) is 0 Å². The molecule has 0 amide bonds. The molecule has 68 valence electrons. The number of carbonyl (C=O) groups is 1. The molecule has 11 heavy (non-hydrogen) atoms. The van der Waals surface area contributed by atoms with Crippen molar-refractivity contribution in [3.05, 3.63) is 0 Å². The second-order valence-electron chi connectivity index (χ2n) is 3.08. The van der Waals surface area contributed by atoms with Gasteiger partial charge in [-0.05, 0) is 6.92 Å². The molecule has 0 aliphatic rings. The Bertz CT molecular complexity index is 92.6. The first-order chi connectivity index (χ1) is 4.86. The minimum atomic E-state index is -1.08. The minimum Gasteiger partial charge on any atom is -0.550 e. The highest BCUT2D eigenvalue weighted by Crippen LogP contribution is 1.31. The summed E-state index contributed by atoms with van der Waals surface area (Å²) < 4.78 is 0. The van der Waals surface area contributed by atoms with Crippen LogP contribution >= 0.6 is 0 Å². The van der Waals surface area contributed by atoms with Gasteiger partial charge in [0, 0.05) is 5.97 Å². The second kappa shape index (κ2) is 7.50. The van der Waals surface area contributed by atoms with E-state index in [1.807, 2.05) is 0 Å². The predicted octanol–water partition coefficient (Wildman–Crippen LogP) is -4.01. The average molecular weight is 163 g/mol. The van der Waals surface area contributed by atoms with Crippen LogP contribution in [0, 0.1) is 0 Å². The van der Waals surface area contributed by atoms with E-state index in [-0.39, 0.29) is 0 Å². The highest BCUT2D eigenvalue weighted by Gasteiger charge is 1.94. The van der Waals surface area contributed by atoms with E-state index in [0.717, 1.165) is 6.92 Å². The number of carboxylic acid groups (broad SMARTS) is 1. The second-order valence-corrected chi connectivity index (χ2v) is 3.08. The van der Waals surface area contributed by atoms with E-state index in [2.05, 4.69) is 28.2 Å². The van der Waals surface area contributed by atoms with Gasteiger partial charge in [0.25, 0.3) is 0 Å². The monoisotopic (exact) mass is 163 g/mol. The van der Waals surface area contributed by atoms with Crippen molar-refractivity contribution in [2.24, 2.45) is 0 Å². The summed E-state index contributed by atoms with van der Waals surface area (Å²) in [5, 5.41) is 8.89. The Labute approximate surface area is 68.4 Å². The Morgan fingerprint density at radius 1 is 1.18 bits per heavy atom. The van der Waals surface area contributed by atoms with E-state index < -0.39 is 5.97 Å². The van der Waals surface area contributed by atoms with Crippen molar-refractivity contribution in [2.75, 3.05) is 34.9 Å². The van der Waals surface area contributed by atoms with Crippen molar-refractivity contribution < 1.29 is 19.7 Å². The summed E-state index contributed by atoms with van der Waals surface area (Å²) in [6, 6.07) is 0. The van der Waals surface area contributed by atoms with Crippen molar-refractivity contribution in [1.29, 1.82) is 0 Å². The van der Waals surface area contributed by atoms with Crippen LogP contribution in [0.1, 0.15) is 6.92 Å². The molecule has 0 aliphatic carbocycles. The Morgan fingerprint density at radius 3 is 1.36 bits per heavy atom. The van der Waals surface area contributed by atoms with Gasteiger partial charge in [-0.25, -0.2) is 0 Å². The third kappa shape index (κ3) is 44.6. The first-order valence-electron chi connectivity index (χ1n) is 3.62. The van der Waals surface area contributed by atoms with Crippen LogP contribution in [-0.4, -0.2) is 40.8 Å². The maximum atomic E-state index is 8.89. The Morgan fingerprint density at radius 2 is 1.36 bits per heavy atom. The Hall–Kier alpha value is -0.610. The van der Waals surface area contributed by atoms with Gasteiger partial charge in [-0.3, -0.25) is 9.80 Å². The van der Waals surface area contributed by atoms with Crippen LogP contribution in [0.2, 0.25) is 0 Å². The van der Waals surface area contributed by atoms with Crippen molar-refractivity contribution in [3.63, 3.8) is 0 Å². The van der Waals surface area contributed by atoms with E-state index in [0.29, 0.717) is 0 Å². The Kier molecular flexibility index (Phi) is 8.87. The third-order valence-corrected chi connectivity index (χ3v) is 0.707. The number of nitrogens with one attached hydrogen (secondary N) is 2. The summed E-state index contributed by atoms with van der Waals surface area (Å²) in [5.41, 5.74) is 0. The maximum Gasteiger partial charge on any atom is 0.203 e. The van der Waals surface area contributed by atoms with Gasteiger partial charge in [0.1, 0.15) is 0 Å². The SMILES string of the molecule is CC(=O)[O-].C[NH+](C)C[NH+](C)C. The maximum absolute atomic E-state index is 8.89. The smallest absolute Gasteiger partial charge is 0.203 e. The zero-order valence-corrected chi connectivity index (χ0v) is 8.02. The van der Waals surface area contributed by atoms with Gasteiger partial charge in [0.2, 0.25) is 6.67 Å². The molecule has 0 aromatic carbocycles. The van der Waals surface area contributed by atoms with Crippen LogP contribution in [0.25, 0.3) is 0 Å². The molecule has 4 nitrogen and oxygen atoms in total. The fourth-order valence-electron chi connectivity index (χ4n) is 0.707. The number of aliphatic carboxylic acids is 1. The van der Waals surface area contributed by atoms with Gasteiger partial charge in [0.15, 0.2) is 0 Å². The molecular formula is C7H19N2O2+. The predicted molar refractivity (Wildman–Crippen MR) is 41.2 cm³/mol. The van der Waals surface area contributed by atoms with Crippen LogP contribution in [0.3, 0.4) is 0 Å². The van der Waals surface area contributed by atoms with E-state index in [1.54, 1.807) is 0 Å². The largest absolute Gasteiger partial charge is 0.550 e. The summed E-state index contributed by atoms with van der Waals surface area (Å²) >= 11 is 0. The molecule has 0 aliphatic heterocycles. The highest BCUT2D eigenvalue weighted by atomic mass is 16.4. The molecule has 0 rings (SSSR count). The third-order valence-electron chi connectivity index (χ3n) is 0.707. The van der Waals surface area contributed by atoms with Gasteiger partial charge in [-0.2, -0.15) is 0 Å². The fourth-order valence-corrected chi connectivity index (χ4v) is 0.707. The first kappa shape index (κ1) is 13.0. The Balaban J connectivity index is 0. The molecule has 0 saturated carbocycles. The molecule has 0 saturated heterocycles. The van der Waals surface area contributed by atoms with Gasteiger partial charge < -0.3 is 9.90 Å². The molecule has 0 aromatic rings. The van der Waals surface area contributed by atoms with Crippen LogP contribution < -0.4 is 14.9 Å². The molecule has 0 radical (unpaired) electrons. The number of quaternary nitrogens is 2. The minimum absolute atomic E-state index is 0.972. The molecule has 0 aromatic heterocycles. The van der Waals surface area contributed by atoms with Gasteiger partial charge in [0.05, 0.1) is 28.2 Å². The number of hydrogen-bond donors (Lipinski definition) is 2. The van der Waals surface area contributed by atoms with Crippen LogP contribution in [-0.2, 0) is 4.79 Å². The molecule has 0 spiro atoms. The molecule has 0 fully saturated rings. The zero-order valence-electron chi connectivity index (χ0n) is 8.02. The molecule has 2 N–H and O–H groups in total. The summed E-state index contributed by atoms with van der Waals surface area (Å²) in [6.45, 7) is 2.17. The standard InChI is InChI=1S/C5H14N2.C2H4O2/c1-6(2)5-7(3)4;1-2(3)4/h5H2,1-4H3;1H3,(H,3,4)/p+1. The highest BCUT2D eigenvalue weighted by molar-refractivity contribution is 5.60. The van der Waals surface area contributed by atoms with E-state index >= 15 is 0 Å². The van der Waals surface area contributed by atoms with Crippen LogP contribution in [0.5, 0.6) is 0 Å². The number of hydrogen-bond acceptors (Lipinski definition) is 2. The lowest BCUT2D eigenvalue weighted by atomic mass is 10.8. The summed E-state index contributed by atoms with van der Waals surface area (Å²) in [5.74, 6) is -1.08. The van der Waals surface area contributed by atoms with Crippen molar-refractivity contribution >= 4 is 5.97 Å². The molecule has 0 bridgehead atoms. The molecule has 0 unspecified atom stereocenters. The lowest BCUT2D eigenvalue weighted by Gasteiger charge is -2.09. The summed E-state index contributed by atoms with van der Waals surface area (Å²) in [4.78, 5) is 11.9. The van der Waals surface area contributed by atoms with Gasteiger partial charge in [-0.15, -0.1) is 0 Å². The average Bonchev–Trinajstić information content (AvgIpc) is 1.56. The quantitative estimate of drug-likeness (QED) is 0.408.